The highest BCUT2D eigenvalue weighted by Gasteiger charge is 2.13. The minimum Gasteiger partial charge on any atom is -0.457 e. The van der Waals surface area contributed by atoms with Crippen LogP contribution in [0.3, 0.4) is 0 Å². The summed E-state index contributed by atoms with van der Waals surface area (Å²) < 4.78 is 29.0. The molecule has 0 bridgehead atoms. The lowest BCUT2D eigenvalue weighted by molar-refractivity contribution is 0.0471. The summed E-state index contributed by atoms with van der Waals surface area (Å²) in [6.07, 6.45) is 1.10. The van der Waals surface area contributed by atoms with Gasteiger partial charge in [0.1, 0.15) is 6.61 Å². The smallest absolute Gasteiger partial charge is 0.338 e. The summed E-state index contributed by atoms with van der Waals surface area (Å²) >= 11 is 3.37. The van der Waals surface area contributed by atoms with Gasteiger partial charge in [0.25, 0.3) is 0 Å². The summed E-state index contributed by atoms with van der Waals surface area (Å²) in [7, 11) is -3.35. The van der Waals surface area contributed by atoms with Crippen LogP contribution >= 0.6 is 15.9 Å². The Morgan fingerprint density at radius 3 is 2.52 bits per heavy atom. The van der Waals surface area contributed by atoms with Crippen molar-refractivity contribution >= 4 is 31.7 Å². The molecule has 0 aliphatic carbocycles. The van der Waals surface area contributed by atoms with Gasteiger partial charge in [-0.1, -0.05) is 40.2 Å². The maximum atomic E-state index is 12.0. The number of hydrogen-bond acceptors (Lipinski definition) is 4. The summed E-state index contributed by atoms with van der Waals surface area (Å²) in [4.78, 5) is 12.1. The lowest BCUT2D eigenvalue weighted by atomic mass is 10.2. The fourth-order valence-electron chi connectivity index (χ4n) is 1.70. The van der Waals surface area contributed by atoms with Gasteiger partial charge in [-0.25, -0.2) is 13.2 Å². The second kappa shape index (κ2) is 6.41. The molecule has 110 valence electrons. The molecule has 2 aromatic carbocycles. The summed E-state index contributed by atoms with van der Waals surface area (Å²) in [6, 6.07) is 13.2. The van der Waals surface area contributed by atoms with Gasteiger partial charge < -0.3 is 4.74 Å². The standard InChI is InChI=1S/C15H13BrO4S/c1-21(18,19)13-7-4-6-11(9-13)15(17)20-10-12-5-2-3-8-14(12)16/h2-9H,10H2,1H3. The van der Waals surface area contributed by atoms with Gasteiger partial charge in [0.05, 0.1) is 10.5 Å². The predicted octanol–water partition coefficient (Wildman–Crippen LogP) is 3.21. The topological polar surface area (TPSA) is 60.4 Å². The molecule has 0 amide bonds. The van der Waals surface area contributed by atoms with Gasteiger partial charge in [-0.05, 0) is 24.3 Å². The van der Waals surface area contributed by atoms with Crippen LogP contribution in [0, 0.1) is 0 Å². The molecule has 21 heavy (non-hydrogen) atoms. The first-order chi connectivity index (χ1) is 9.88. The van der Waals surface area contributed by atoms with Crippen LogP contribution in [0.5, 0.6) is 0 Å². The van der Waals surface area contributed by atoms with Crippen LogP contribution in [-0.4, -0.2) is 20.6 Å². The molecular formula is C15H13BrO4S. The van der Waals surface area contributed by atoms with Gasteiger partial charge in [0, 0.05) is 16.3 Å². The van der Waals surface area contributed by atoms with E-state index in [-0.39, 0.29) is 17.1 Å². The summed E-state index contributed by atoms with van der Waals surface area (Å²) in [6.45, 7) is 0.114. The van der Waals surface area contributed by atoms with Crippen molar-refractivity contribution < 1.29 is 17.9 Å². The second-order valence-corrected chi connectivity index (χ2v) is 7.34. The normalized spacial score (nSPS) is 11.1. The van der Waals surface area contributed by atoms with E-state index in [1.807, 2.05) is 24.3 Å². The minimum absolute atomic E-state index is 0.0952. The van der Waals surface area contributed by atoms with E-state index < -0.39 is 15.8 Å². The highest BCUT2D eigenvalue weighted by molar-refractivity contribution is 9.10. The quantitative estimate of drug-likeness (QED) is 0.777. The number of esters is 1. The molecule has 0 aliphatic rings. The van der Waals surface area contributed by atoms with E-state index in [2.05, 4.69) is 15.9 Å². The molecule has 4 nitrogen and oxygen atoms in total. The zero-order valence-corrected chi connectivity index (χ0v) is 13.6. The Hall–Kier alpha value is -1.66. The van der Waals surface area contributed by atoms with Crippen molar-refractivity contribution in [2.24, 2.45) is 0 Å². The van der Waals surface area contributed by atoms with E-state index in [0.717, 1.165) is 16.3 Å². The summed E-state index contributed by atoms with van der Waals surface area (Å²) in [5.41, 5.74) is 1.05. The number of benzene rings is 2. The Balaban J connectivity index is 2.13. The van der Waals surface area contributed by atoms with E-state index in [9.17, 15) is 13.2 Å². The Morgan fingerprint density at radius 1 is 1.14 bits per heavy atom. The lowest BCUT2D eigenvalue weighted by Crippen LogP contribution is -2.07. The zero-order valence-electron chi connectivity index (χ0n) is 11.2. The largest absolute Gasteiger partial charge is 0.457 e. The Morgan fingerprint density at radius 2 is 1.86 bits per heavy atom. The van der Waals surface area contributed by atoms with Gasteiger partial charge in [-0.15, -0.1) is 0 Å². The molecule has 0 saturated carbocycles. The van der Waals surface area contributed by atoms with Crippen LogP contribution in [0.4, 0.5) is 0 Å². The van der Waals surface area contributed by atoms with Crippen molar-refractivity contribution in [1.82, 2.24) is 0 Å². The number of hydrogen-bond donors (Lipinski definition) is 0. The molecule has 0 heterocycles. The second-order valence-electron chi connectivity index (χ2n) is 4.47. The van der Waals surface area contributed by atoms with E-state index in [1.54, 1.807) is 0 Å². The molecule has 2 rings (SSSR count). The number of rotatable bonds is 4. The van der Waals surface area contributed by atoms with Crippen LogP contribution < -0.4 is 0 Å². The summed E-state index contributed by atoms with van der Waals surface area (Å²) in [5, 5.41) is 0. The summed E-state index contributed by atoms with van der Waals surface area (Å²) in [5.74, 6) is -0.559. The molecule has 0 unspecified atom stereocenters. The van der Waals surface area contributed by atoms with Crippen LogP contribution in [0.2, 0.25) is 0 Å². The molecule has 0 radical (unpaired) electrons. The fraction of sp³-hybridized carbons (Fsp3) is 0.133. The van der Waals surface area contributed by atoms with Gasteiger partial charge >= 0.3 is 5.97 Å². The van der Waals surface area contributed by atoms with E-state index >= 15 is 0 Å². The van der Waals surface area contributed by atoms with Crippen LogP contribution in [0.25, 0.3) is 0 Å². The average molecular weight is 369 g/mol. The van der Waals surface area contributed by atoms with Crippen LogP contribution in [0.1, 0.15) is 15.9 Å². The van der Waals surface area contributed by atoms with Gasteiger partial charge in [0.15, 0.2) is 9.84 Å². The Kier molecular flexibility index (Phi) is 4.80. The fourth-order valence-corrected chi connectivity index (χ4v) is 2.76. The third kappa shape index (κ3) is 4.15. The Labute approximate surface area is 131 Å². The number of carbonyl (C=O) groups is 1. The highest BCUT2D eigenvalue weighted by atomic mass is 79.9. The molecule has 0 spiro atoms. The zero-order chi connectivity index (χ0) is 15.5. The maximum Gasteiger partial charge on any atom is 0.338 e. The van der Waals surface area contributed by atoms with Crippen molar-refractivity contribution in [2.75, 3.05) is 6.26 Å². The van der Waals surface area contributed by atoms with Gasteiger partial charge in [-0.2, -0.15) is 0 Å². The number of halogens is 1. The van der Waals surface area contributed by atoms with E-state index in [4.69, 9.17) is 4.74 Å². The molecule has 0 atom stereocenters. The molecule has 0 aliphatic heterocycles. The van der Waals surface area contributed by atoms with E-state index in [1.165, 1.54) is 24.3 Å². The van der Waals surface area contributed by atoms with Crippen LogP contribution in [0.15, 0.2) is 57.9 Å². The molecule has 2 aromatic rings. The van der Waals surface area contributed by atoms with Gasteiger partial charge in [0.2, 0.25) is 0 Å². The maximum absolute atomic E-state index is 12.0. The van der Waals surface area contributed by atoms with Crippen molar-refractivity contribution in [1.29, 1.82) is 0 Å². The first kappa shape index (κ1) is 15.7. The number of carbonyl (C=O) groups excluding carboxylic acids is 1. The van der Waals surface area contributed by atoms with E-state index in [0.29, 0.717) is 0 Å². The van der Waals surface area contributed by atoms with Crippen molar-refractivity contribution in [3.8, 4) is 0 Å². The highest BCUT2D eigenvalue weighted by Crippen LogP contribution is 2.18. The average Bonchev–Trinajstić information content (AvgIpc) is 2.45. The van der Waals surface area contributed by atoms with Crippen molar-refractivity contribution in [2.45, 2.75) is 11.5 Å². The van der Waals surface area contributed by atoms with Crippen LogP contribution in [-0.2, 0) is 21.2 Å². The minimum atomic E-state index is -3.35. The third-order valence-corrected chi connectivity index (χ3v) is 4.70. The first-order valence-corrected chi connectivity index (χ1v) is 8.77. The molecule has 6 heteroatoms. The predicted molar refractivity (Wildman–Crippen MR) is 82.8 cm³/mol. The SMILES string of the molecule is CS(=O)(=O)c1cccc(C(=O)OCc2ccccc2Br)c1. The third-order valence-electron chi connectivity index (χ3n) is 2.81. The molecule has 0 saturated heterocycles. The monoisotopic (exact) mass is 368 g/mol. The molecule has 0 aromatic heterocycles. The number of ether oxygens (including phenoxy) is 1. The van der Waals surface area contributed by atoms with Crippen molar-refractivity contribution in [3.63, 3.8) is 0 Å². The first-order valence-electron chi connectivity index (χ1n) is 6.08. The Bertz CT molecular complexity index is 769. The van der Waals surface area contributed by atoms with Gasteiger partial charge in [-0.3, -0.25) is 0 Å². The molecular weight excluding hydrogens is 356 g/mol. The lowest BCUT2D eigenvalue weighted by Gasteiger charge is -2.07. The molecule has 0 fully saturated rings. The number of sulfone groups is 1. The van der Waals surface area contributed by atoms with Crippen molar-refractivity contribution in [3.05, 3.63) is 64.1 Å². The molecule has 0 N–H and O–H groups in total.